The van der Waals surface area contributed by atoms with Gasteiger partial charge in [-0.3, -0.25) is 0 Å². The molecular weight excluding hydrogens is 227 g/mol. The molecule has 0 radical (unpaired) electrons. The average molecular weight is 243 g/mol. The second-order valence-corrected chi connectivity index (χ2v) is 3.51. The Kier molecular flexibility index (Phi) is 10.5. The molecule has 0 atom stereocenters. The van der Waals surface area contributed by atoms with E-state index >= 15 is 0 Å². The topological polar surface area (TPSA) is 24.9 Å². The molecule has 0 aromatic carbocycles. The van der Waals surface area contributed by atoms with Gasteiger partial charge in [0.25, 0.3) is 0 Å². The summed E-state index contributed by atoms with van der Waals surface area (Å²) < 4.78 is 0. The Bertz CT molecular complexity index is 216. The lowest BCUT2D eigenvalue weighted by Crippen LogP contribution is -2.08. The Hall–Kier alpha value is 0.170. The first-order valence-electron chi connectivity index (χ1n) is 3.88. The highest BCUT2D eigenvalue weighted by Gasteiger charge is 1.99. The van der Waals surface area contributed by atoms with Crippen molar-refractivity contribution in [1.82, 2.24) is 10.3 Å². The van der Waals surface area contributed by atoms with Crippen molar-refractivity contribution in [2.45, 2.75) is 19.8 Å². The molecule has 1 N–H and O–H groups in total. The van der Waals surface area contributed by atoms with Gasteiger partial charge in [0.05, 0.1) is 11.2 Å². The summed E-state index contributed by atoms with van der Waals surface area (Å²) in [5.41, 5.74) is 3.12. The van der Waals surface area contributed by atoms with Crippen LogP contribution in [0.3, 0.4) is 0 Å². The molecule has 1 heterocycles. The van der Waals surface area contributed by atoms with Crippen molar-refractivity contribution in [3.8, 4) is 0 Å². The Morgan fingerprint density at radius 2 is 2.15 bits per heavy atom. The number of nitrogens with zero attached hydrogens (tertiary/aromatic N) is 1. The van der Waals surface area contributed by atoms with Crippen molar-refractivity contribution < 1.29 is 0 Å². The normalized spacial score (nSPS) is 8.77. The first kappa shape index (κ1) is 15.6. The van der Waals surface area contributed by atoms with Gasteiger partial charge < -0.3 is 5.32 Å². The second kappa shape index (κ2) is 8.75. The molecule has 0 spiro atoms. The maximum absolute atomic E-state index is 4.19. The summed E-state index contributed by atoms with van der Waals surface area (Å²) in [4.78, 5) is 5.62. The highest BCUT2D eigenvalue weighted by Crippen LogP contribution is 2.13. The summed E-state index contributed by atoms with van der Waals surface area (Å²) in [5, 5.41) is 3.13. The fourth-order valence-corrected chi connectivity index (χ4v) is 1.82. The van der Waals surface area contributed by atoms with E-state index in [2.05, 4.69) is 17.2 Å². The van der Waals surface area contributed by atoms with Crippen LogP contribution in [0.2, 0.25) is 0 Å². The molecular formula is C8H16Cl2N2S. The van der Waals surface area contributed by atoms with Crippen molar-refractivity contribution in [1.29, 1.82) is 0 Å². The van der Waals surface area contributed by atoms with Crippen molar-refractivity contribution >= 4 is 36.2 Å². The van der Waals surface area contributed by atoms with Crippen LogP contribution in [0.1, 0.15) is 17.0 Å². The zero-order valence-corrected chi connectivity index (χ0v) is 10.3. The largest absolute Gasteiger partial charge is 0.320 e. The van der Waals surface area contributed by atoms with Crippen LogP contribution in [0.25, 0.3) is 0 Å². The minimum Gasteiger partial charge on any atom is -0.320 e. The SMILES string of the molecule is CNCCCc1scnc1C.Cl.Cl. The average Bonchev–Trinajstić information content (AvgIpc) is 2.37. The Balaban J connectivity index is 0. The lowest BCUT2D eigenvalue weighted by molar-refractivity contribution is 0.727. The molecule has 1 aromatic rings. The third-order valence-corrected chi connectivity index (χ3v) is 2.67. The maximum Gasteiger partial charge on any atom is 0.0797 e. The number of rotatable bonds is 4. The van der Waals surface area contributed by atoms with Crippen LogP contribution in [0, 0.1) is 6.92 Å². The van der Waals surface area contributed by atoms with Crippen LogP contribution in [0.15, 0.2) is 5.51 Å². The molecule has 0 aliphatic rings. The third-order valence-electron chi connectivity index (χ3n) is 1.68. The molecule has 5 heteroatoms. The van der Waals surface area contributed by atoms with E-state index in [1.807, 2.05) is 12.6 Å². The van der Waals surface area contributed by atoms with Crippen LogP contribution in [0.4, 0.5) is 0 Å². The summed E-state index contributed by atoms with van der Waals surface area (Å²) in [6.07, 6.45) is 2.37. The smallest absolute Gasteiger partial charge is 0.0797 e. The lowest BCUT2D eigenvalue weighted by Gasteiger charge is -1.97. The molecule has 0 bridgehead atoms. The molecule has 1 rings (SSSR count). The fraction of sp³-hybridized carbons (Fsp3) is 0.625. The highest BCUT2D eigenvalue weighted by atomic mass is 35.5. The number of halogens is 2. The van der Waals surface area contributed by atoms with Crippen LogP contribution in [0.5, 0.6) is 0 Å². The van der Waals surface area contributed by atoms with E-state index in [0.717, 1.165) is 13.0 Å². The molecule has 0 aliphatic heterocycles. The highest BCUT2D eigenvalue weighted by molar-refractivity contribution is 7.09. The van der Waals surface area contributed by atoms with Gasteiger partial charge in [0, 0.05) is 4.88 Å². The van der Waals surface area contributed by atoms with Gasteiger partial charge in [-0.05, 0) is 33.4 Å². The summed E-state index contributed by atoms with van der Waals surface area (Å²) in [6, 6.07) is 0. The van der Waals surface area contributed by atoms with E-state index < -0.39 is 0 Å². The van der Waals surface area contributed by atoms with Crippen molar-refractivity contribution in [2.75, 3.05) is 13.6 Å². The van der Waals surface area contributed by atoms with E-state index in [1.54, 1.807) is 11.3 Å². The predicted octanol–water partition coefficient (Wildman–Crippen LogP) is 2.45. The van der Waals surface area contributed by atoms with Crippen LogP contribution >= 0.6 is 36.2 Å². The van der Waals surface area contributed by atoms with Gasteiger partial charge in [-0.25, -0.2) is 4.98 Å². The Morgan fingerprint density at radius 3 is 2.62 bits per heavy atom. The fourth-order valence-electron chi connectivity index (χ4n) is 0.992. The minimum atomic E-state index is 0. The molecule has 0 fully saturated rings. The monoisotopic (exact) mass is 242 g/mol. The quantitative estimate of drug-likeness (QED) is 0.821. The van der Waals surface area contributed by atoms with Crippen molar-refractivity contribution in [2.24, 2.45) is 0 Å². The van der Waals surface area contributed by atoms with Crippen LogP contribution in [-0.2, 0) is 6.42 Å². The van der Waals surface area contributed by atoms with Gasteiger partial charge in [-0.2, -0.15) is 0 Å². The van der Waals surface area contributed by atoms with Crippen molar-refractivity contribution in [3.63, 3.8) is 0 Å². The summed E-state index contributed by atoms with van der Waals surface area (Å²) in [5.74, 6) is 0. The predicted molar refractivity (Wildman–Crippen MR) is 63.6 cm³/mol. The van der Waals surface area contributed by atoms with E-state index in [1.165, 1.54) is 17.0 Å². The molecule has 0 saturated carbocycles. The molecule has 13 heavy (non-hydrogen) atoms. The number of thiazole rings is 1. The van der Waals surface area contributed by atoms with Gasteiger partial charge in [0.1, 0.15) is 0 Å². The molecule has 1 aromatic heterocycles. The number of aryl methyl sites for hydroxylation is 2. The van der Waals surface area contributed by atoms with Crippen LogP contribution in [-0.4, -0.2) is 18.6 Å². The first-order chi connectivity index (χ1) is 5.34. The summed E-state index contributed by atoms with van der Waals surface area (Å²) in [6.45, 7) is 3.17. The van der Waals surface area contributed by atoms with Gasteiger partial charge >= 0.3 is 0 Å². The minimum absolute atomic E-state index is 0. The standard InChI is InChI=1S/C8H14N2S.2ClH/c1-7-8(11-6-10-7)4-3-5-9-2;;/h6,9H,3-5H2,1-2H3;2*1H. The number of hydrogen-bond donors (Lipinski definition) is 1. The van der Waals surface area contributed by atoms with Gasteiger partial charge in [-0.15, -0.1) is 36.2 Å². The number of hydrogen-bond acceptors (Lipinski definition) is 3. The summed E-state index contributed by atoms with van der Waals surface area (Å²) in [7, 11) is 1.99. The third kappa shape index (κ3) is 5.47. The Labute approximate surface area is 96.0 Å². The number of aromatic nitrogens is 1. The molecule has 78 valence electrons. The van der Waals surface area contributed by atoms with Crippen molar-refractivity contribution in [3.05, 3.63) is 16.1 Å². The molecule has 2 nitrogen and oxygen atoms in total. The van der Waals surface area contributed by atoms with Gasteiger partial charge in [-0.1, -0.05) is 0 Å². The zero-order valence-electron chi connectivity index (χ0n) is 7.87. The maximum atomic E-state index is 4.19. The first-order valence-corrected chi connectivity index (χ1v) is 4.76. The van der Waals surface area contributed by atoms with Gasteiger partial charge in [0.2, 0.25) is 0 Å². The zero-order chi connectivity index (χ0) is 8.10. The van der Waals surface area contributed by atoms with E-state index in [-0.39, 0.29) is 24.8 Å². The van der Waals surface area contributed by atoms with E-state index in [4.69, 9.17) is 0 Å². The molecule has 0 amide bonds. The molecule has 0 aliphatic carbocycles. The summed E-state index contributed by atoms with van der Waals surface area (Å²) >= 11 is 1.76. The number of nitrogens with one attached hydrogen (secondary N) is 1. The molecule has 0 unspecified atom stereocenters. The van der Waals surface area contributed by atoms with E-state index in [9.17, 15) is 0 Å². The van der Waals surface area contributed by atoms with Crippen LogP contribution < -0.4 is 5.32 Å². The second-order valence-electron chi connectivity index (χ2n) is 2.57. The van der Waals surface area contributed by atoms with Gasteiger partial charge in [0.15, 0.2) is 0 Å². The Morgan fingerprint density at radius 1 is 1.46 bits per heavy atom. The van der Waals surface area contributed by atoms with E-state index in [0.29, 0.717) is 0 Å². The molecule has 0 saturated heterocycles. The lowest BCUT2D eigenvalue weighted by atomic mass is 10.2.